The number of carbonyl (C=O) groups is 2. The third kappa shape index (κ3) is 4.82. The Kier molecular flexibility index (Phi) is 5.78. The molecule has 0 aliphatic heterocycles. The Hall–Kier alpha value is -2.81. The minimum atomic E-state index is -1.09. The van der Waals surface area contributed by atoms with Gasteiger partial charge < -0.3 is 15.3 Å². The number of carboxylic acids is 1. The number of aliphatic carboxylic acids is 1. The van der Waals surface area contributed by atoms with E-state index < -0.39 is 18.5 Å². The van der Waals surface area contributed by atoms with E-state index in [2.05, 4.69) is 11.9 Å². The van der Waals surface area contributed by atoms with Crippen molar-refractivity contribution in [3.8, 4) is 6.07 Å². The highest BCUT2D eigenvalue weighted by Gasteiger charge is 2.15. The first-order chi connectivity index (χ1) is 9.56. The van der Waals surface area contributed by atoms with Gasteiger partial charge in [0.2, 0.25) is 0 Å². The van der Waals surface area contributed by atoms with Crippen LogP contribution in [0.4, 0.5) is 10.5 Å². The molecule has 0 radical (unpaired) electrons. The normalized spacial score (nSPS) is 9.35. The number of urea groups is 1. The molecule has 6 nitrogen and oxygen atoms in total. The number of amides is 2. The van der Waals surface area contributed by atoms with Gasteiger partial charge >= 0.3 is 12.0 Å². The van der Waals surface area contributed by atoms with Gasteiger partial charge in [0.15, 0.2) is 0 Å². The van der Waals surface area contributed by atoms with Crippen molar-refractivity contribution in [2.75, 3.05) is 18.4 Å². The van der Waals surface area contributed by atoms with E-state index in [9.17, 15) is 9.59 Å². The molecule has 0 atom stereocenters. The molecular weight excluding hydrogens is 258 g/mol. The second-order valence-corrected chi connectivity index (χ2v) is 4.02. The van der Waals surface area contributed by atoms with Crippen LogP contribution in [0.1, 0.15) is 5.56 Å². The Bertz CT molecular complexity index is 532. The Morgan fingerprint density at radius 2 is 2.05 bits per heavy atom. The number of nitriles is 1. The first-order valence-electron chi connectivity index (χ1n) is 5.91. The van der Waals surface area contributed by atoms with Gasteiger partial charge in [-0.3, -0.25) is 4.79 Å². The number of hydrogen-bond donors (Lipinski definition) is 2. The maximum absolute atomic E-state index is 11.9. The van der Waals surface area contributed by atoms with E-state index in [1.165, 1.54) is 6.08 Å². The molecule has 0 saturated carbocycles. The van der Waals surface area contributed by atoms with Crippen molar-refractivity contribution < 1.29 is 14.7 Å². The number of anilines is 1. The van der Waals surface area contributed by atoms with Gasteiger partial charge in [-0.25, -0.2) is 4.79 Å². The minimum Gasteiger partial charge on any atom is -0.480 e. The third-order valence-corrected chi connectivity index (χ3v) is 2.45. The molecule has 0 unspecified atom stereocenters. The van der Waals surface area contributed by atoms with E-state index >= 15 is 0 Å². The molecule has 0 spiro atoms. The number of rotatable bonds is 6. The fourth-order valence-electron chi connectivity index (χ4n) is 1.54. The molecule has 1 aromatic rings. The maximum atomic E-state index is 11.9. The van der Waals surface area contributed by atoms with Crippen molar-refractivity contribution >= 4 is 17.7 Å². The molecule has 0 aliphatic rings. The molecule has 1 rings (SSSR count). The van der Waals surface area contributed by atoms with Crippen LogP contribution in [0.25, 0.3) is 0 Å². The molecule has 0 heterocycles. The number of nitrogens with one attached hydrogen (secondary N) is 1. The molecule has 2 N–H and O–H groups in total. The Morgan fingerprint density at radius 3 is 2.55 bits per heavy atom. The van der Waals surface area contributed by atoms with Gasteiger partial charge in [0.1, 0.15) is 6.54 Å². The van der Waals surface area contributed by atoms with E-state index in [-0.39, 0.29) is 6.54 Å². The average Bonchev–Trinajstić information content (AvgIpc) is 2.40. The smallest absolute Gasteiger partial charge is 0.323 e. The molecule has 20 heavy (non-hydrogen) atoms. The Morgan fingerprint density at radius 1 is 1.40 bits per heavy atom. The molecule has 2 amide bonds. The van der Waals surface area contributed by atoms with Gasteiger partial charge in [0.05, 0.1) is 12.5 Å². The van der Waals surface area contributed by atoms with Crippen LogP contribution in [0.3, 0.4) is 0 Å². The summed E-state index contributed by atoms with van der Waals surface area (Å²) in [6, 6.07) is 8.30. The largest absolute Gasteiger partial charge is 0.480 e. The van der Waals surface area contributed by atoms with E-state index in [0.717, 1.165) is 10.5 Å². The molecule has 0 bridgehead atoms. The number of nitrogens with zero attached hydrogens (tertiary/aromatic N) is 2. The second kappa shape index (κ2) is 7.59. The van der Waals surface area contributed by atoms with Crippen molar-refractivity contribution in [1.29, 1.82) is 5.26 Å². The van der Waals surface area contributed by atoms with E-state index in [1.54, 1.807) is 24.3 Å². The highest BCUT2D eigenvalue weighted by Crippen LogP contribution is 2.10. The first kappa shape index (κ1) is 15.2. The van der Waals surface area contributed by atoms with Gasteiger partial charge in [0, 0.05) is 12.2 Å². The van der Waals surface area contributed by atoms with Crippen LogP contribution in [0.5, 0.6) is 0 Å². The lowest BCUT2D eigenvalue weighted by atomic mass is 10.1. The van der Waals surface area contributed by atoms with Gasteiger partial charge in [-0.15, -0.1) is 6.58 Å². The number of hydrogen-bond acceptors (Lipinski definition) is 3. The van der Waals surface area contributed by atoms with Gasteiger partial charge in [-0.05, 0) is 17.7 Å². The summed E-state index contributed by atoms with van der Waals surface area (Å²) >= 11 is 0. The monoisotopic (exact) mass is 273 g/mol. The summed E-state index contributed by atoms with van der Waals surface area (Å²) in [6.45, 7) is 3.23. The Labute approximate surface area is 116 Å². The lowest BCUT2D eigenvalue weighted by Crippen LogP contribution is -2.38. The zero-order chi connectivity index (χ0) is 15.0. The van der Waals surface area contributed by atoms with E-state index in [4.69, 9.17) is 10.4 Å². The number of benzene rings is 1. The molecule has 104 valence electrons. The summed E-state index contributed by atoms with van der Waals surface area (Å²) in [5.41, 5.74) is 1.38. The topological polar surface area (TPSA) is 93.4 Å². The van der Waals surface area contributed by atoms with Crippen LogP contribution in [0.2, 0.25) is 0 Å². The van der Waals surface area contributed by atoms with E-state index in [0.29, 0.717) is 12.1 Å². The summed E-state index contributed by atoms with van der Waals surface area (Å²) < 4.78 is 0. The van der Waals surface area contributed by atoms with Crippen molar-refractivity contribution in [3.63, 3.8) is 0 Å². The van der Waals surface area contributed by atoms with Crippen LogP contribution in [0, 0.1) is 11.3 Å². The fourth-order valence-corrected chi connectivity index (χ4v) is 1.54. The van der Waals surface area contributed by atoms with Gasteiger partial charge in [0.25, 0.3) is 0 Å². The standard InChI is InChI=1S/C14H15N3O3/c1-2-9-17(10-13(18)19)14(20)16-12-5-3-11(4-6-12)7-8-15/h2-6H,1,7,9-10H2,(H,16,20)(H,18,19). The zero-order valence-corrected chi connectivity index (χ0v) is 10.9. The van der Waals surface area contributed by atoms with E-state index in [1.807, 2.05) is 6.07 Å². The van der Waals surface area contributed by atoms with Crippen LogP contribution in [-0.4, -0.2) is 35.1 Å². The highest BCUT2D eigenvalue weighted by molar-refractivity contribution is 5.91. The quantitative estimate of drug-likeness (QED) is 0.773. The van der Waals surface area contributed by atoms with Crippen molar-refractivity contribution in [2.24, 2.45) is 0 Å². The summed E-state index contributed by atoms with van der Waals surface area (Å²) in [5, 5.41) is 19.9. The van der Waals surface area contributed by atoms with Crippen LogP contribution >= 0.6 is 0 Å². The summed E-state index contributed by atoms with van der Waals surface area (Å²) in [4.78, 5) is 23.7. The average molecular weight is 273 g/mol. The maximum Gasteiger partial charge on any atom is 0.323 e. The summed E-state index contributed by atoms with van der Waals surface area (Å²) in [7, 11) is 0. The third-order valence-electron chi connectivity index (χ3n) is 2.45. The predicted octanol–water partition coefficient (Wildman–Crippen LogP) is 1.86. The van der Waals surface area contributed by atoms with Crippen molar-refractivity contribution in [2.45, 2.75) is 6.42 Å². The number of carbonyl (C=O) groups excluding carboxylic acids is 1. The summed E-state index contributed by atoms with van der Waals surface area (Å²) in [6.07, 6.45) is 1.76. The predicted molar refractivity (Wildman–Crippen MR) is 74.2 cm³/mol. The van der Waals surface area contributed by atoms with Gasteiger partial charge in [-0.2, -0.15) is 5.26 Å². The fraction of sp³-hybridized carbons (Fsp3) is 0.214. The zero-order valence-electron chi connectivity index (χ0n) is 10.9. The van der Waals surface area contributed by atoms with Crippen LogP contribution < -0.4 is 5.32 Å². The molecule has 0 aliphatic carbocycles. The van der Waals surface area contributed by atoms with Crippen LogP contribution in [-0.2, 0) is 11.2 Å². The lowest BCUT2D eigenvalue weighted by molar-refractivity contribution is -0.137. The summed E-state index contributed by atoms with van der Waals surface area (Å²) in [5.74, 6) is -1.09. The number of carboxylic acid groups (broad SMARTS) is 1. The lowest BCUT2D eigenvalue weighted by Gasteiger charge is -2.19. The van der Waals surface area contributed by atoms with Gasteiger partial charge in [-0.1, -0.05) is 18.2 Å². The highest BCUT2D eigenvalue weighted by atomic mass is 16.4. The first-order valence-corrected chi connectivity index (χ1v) is 5.91. The van der Waals surface area contributed by atoms with Crippen molar-refractivity contribution in [1.82, 2.24) is 4.90 Å². The minimum absolute atomic E-state index is 0.144. The van der Waals surface area contributed by atoms with Crippen molar-refractivity contribution in [3.05, 3.63) is 42.5 Å². The Balaban J connectivity index is 2.69. The second-order valence-electron chi connectivity index (χ2n) is 4.02. The molecule has 0 saturated heterocycles. The molecule has 0 fully saturated rings. The molecular formula is C14H15N3O3. The molecule has 0 aromatic heterocycles. The molecule has 6 heteroatoms. The van der Waals surface area contributed by atoms with Crippen LogP contribution in [0.15, 0.2) is 36.9 Å². The SMILES string of the molecule is C=CCN(CC(=O)O)C(=O)Nc1ccc(CC#N)cc1. The molecule has 1 aromatic carbocycles.